The number of anilines is 1. The summed E-state index contributed by atoms with van der Waals surface area (Å²) in [6.07, 6.45) is 10.7. The maximum absolute atomic E-state index is 12.7. The maximum Gasteiger partial charge on any atom is 0.481 e. The Balaban J connectivity index is 1.31. The molecule has 27 heteroatoms. The van der Waals surface area contributed by atoms with Gasteiger partial charge in [0.25, 0.3) is 0 Å². The van der Waals surface area contributed by atoms with Crippen LogP contribution >= 0.6 is 36.0 Å². The number of nitrogens with one attached hydrogen (secondary N) is 2. The smallest absolute Gasteiger partial charge is 0.386 e. The quantitative estimate of drug-likeness (QED) is 0.0356. The van der Waals surface area contributed by atoms with Crippen molar-refractivity contribution in [2.75, 3.05) is 37.8 Å². The van der Waals surface area contributed by atoms with E-state index in [0.29, 0.717) is 12.2 Å². The molecule has 0 aliphatic carbocycles. The second-order valence-electron chi connectivity index (χ2n) is 16.0. The van der Waals surface area contributed by atoms with E-state index < -0.39 is 85.3 Å². The molecule has 1 aliphatic rings. The van der Waals surface area contributed by atoms with Crippen LogP contribution in [-0.2, 0) is 46.1 Å². The van der Waals surface area contributed by atoms with Crippen molar-refractivity contribution < 1.29 is 75.9 Å². The van der Waals surface area contributed by atoms with Crippen LogP contribution in [0.4, 0.5) is 5.82 Å². The molecular formula is C37H66N7O16P3S. The SMILES string of the molecule is CCCCCCCCCCCCCCCC(=O)SCCNC(=O)CCNC(=O)[C@H](O)C(C)(C)COP(=O)(O)OP(=O)(O)OC[C@H]1O[C@H](n2cnc3c(N)ncnc32)[C@H](O)[C@@H]1OP(O)O. The predicted molar refractivity (Wildman–Crippen MR) is 237 cm³/mol. The highest BCUT2D eigenvalue weighted by molar-refractivity contribution is 8.13. The second-order valence-corrected chi connectivity index (χ2v) is 21.0. The number of hydrogen-bond donors (Lipinski definition) is 9. The standard InChI is InChI=1S/C37H66N7O16P3S/c1-4-5-6-7-8-9-10-11-12-13-14-15-16-17-28(46)64-21-20-39-27(45)18-19-40-35(49)32(48)37(2,3)23-57-63(54,55)60-62(52,53)56-22-26-31(59-61(50)51)30(47)36(58-26)44-25-43-29-33(38)41-24-42-34(29)44/h24-26,30-32,36,47-48,50-51H,4-23H2,1-3H3,(H,39,45)(H,40,49)(H,52,53)(H,54,55)(H2,38,41,42)/t26-,30-,31-,32+,36+/m1/s1. The summed E-state index contributed by atoms with van der Waals surface area (Å²) in [6, 6.07) is 0. The third-order valence-corrected chi connectivity index (χ3v) is 14.2. The number of thioether (sulfide) groups is 1. The molecule has 1 aliphatic heterocycles. The van der Waals surface area contributed by atoms with Crippen LogP contribution in [-0.4, -0.2) is 123 Å². The first-order valence-electron chi connectivity index (χ1n) is 21.4. The van der Waals surface area contributed by atoms with E-state index in [2.05, 4.69) is 36.8 Å². The number of fused-ring (bicyclic) bond motifs is 1. The number of carbonyl (C=O) groups is 3. The summed E-state index contributed by atoms with van der Waals surface area (Å²) in [5.41, 5.74) is 4.48. The highest BCUT2D eigenvalue weighted by atomic mass is 32.2. The molecule has 2 aromatic heterocycles. The number of aliphatic hydroxyl groups excluding tert-OH is 2. The number of hydrogen-bond acceptors (Lipinski definition) is 19. The van der Waals surface area contributed by atoms with Gasteiger partial charge in [-0.05, 0) is 6.42 Å². The molecule has 366 valence electrons. The van der Waals surface area contributed by atoms with E-state index in [0.717, 1.165) is 37.4 Å². The van der Waals surface area contributed by atoms with Crippen molar-refractivity contribution in [3.05, 3.63) is 12.7 Å². The van der Waals surface area contributed by atoms with Crippen molar-refractivity contribution in [1.82, 2.24) is 30.2 Å². The van der Waals surface area contributed by atoms with E-state index in [9.17, 15) is 53.3 Å². The molecule has 0 radical (unpaired) electrons. The molecule has 3 rings (SSSR count). The van der Waals surface area contributed by atoms with Crippen LogP contribution in [0, 0.1) is 5.41 Å². The Labute approximate surface area is 378 Å². The topological polar surface area (TPSA) is 347 Å². The molecule has 64 heavy (non-hydrogen) atoms. The van der Waals surface area contributed by atoms with Crippen LogP contribution in [0.25, 0.3) is 11.2 Å². The highest BCUT2D eigenvalue weighted by Gasteiger charge is 2.49. The lowest BCUT2D eigenvalue weighted by Crippen LogP contribution is -2.46. The molecule has 0 aromatic carbocycles. The van der Waals surface area contributed by atoms with Crippen LogP contribution in [0.15, 0.2) is 12.7 Å². The second kappa shape index (κ2) is 28.2. The van der Waals surface area contributed by atoms with Gasteiger partial charge in [-0.3, -0.25) is 28.0 Å². The minimum absolute atomic E-state index is 0.0106. The summed E-state index contributed by atoms with van der Waals surface area (Å²) in [4.78, 5) is 88.5. The average Bonchev–Trinajstić information content (AvgIpc) is 3.79. The first kappa shape index (κ1) is 56.1. The van der Waals surface area contributed by atoms with Gasteiger partial charge >= 0.3 is 24.2 Å². The predicted octanol–water partition coefficient (Wildman–Crippen LogP) is 4.26. The van der Waals surface area contributed by atoms with E-state index in [1.807, 2.05) is 0 Å². The Morgan fingerprint density at radius 2 is 1.53 bits per heavy atom. The van der Waals surface area contributed by atoms with Gasteiger partial charge in [0.15, 0.2) is 22.8 Å². The van der Waals surface area contributed by atoms with Crippen molar-refractivity contribution in [3.8, 4) is 0 Å². The third-order valence-electron chi connectivity index (χ3n) is 10.2. The number of phosphoric acid groups is 2. The van der Waals surface area contributed by atoms with Gasteiger partial charge in [-0.1, -0.05) is 110 Å². The lowest BCUT2D eigenvalue weighted by atomic mass is 9.87. The van der Waals surface area contributed by atoms with E-state index in [-0.39, 0.29) is 41.6 Å². The molecule has 7 atom stereocenters. The van der Waals surface area contributed by atoms with E-state index in [1.54, 1.807) is 0 Å². The van der Waals surface area contributed by atoms with Crippen molar-refractivity contribution in [1.29, 1.82) is 0 Å². The monoisotopic (exact) mass is 989 g/mol. The third kappa shape index (κ3) is 19.9. The molecule has 10 N–H and O–H groups in total. The number of nitrogens with zero attached hydrogens (tertiary/aromatic N) is 4. The zero-order chi connectivity index (χ0) is 47.3. The van der Waals surface area contributed by atoms with Crippen molar-refractivity contribution in [2.24, 2.45) is 5.41 Å². The fraction of sp³-hybridized carbons (Fsp3) is 0.784. The molecule has 2 aromatic rings. The van der Waals surface area contributed by atoms with Crippen LogP contribution in [0.1, 0.15) is 123 Å². The Kier molecular flexibility index (Phi) is 24.7. The number of carbonyl (C=O) groups excluding carboxylic acids is 3. The first-order valence-corrected chi connectivity index (χ1v) is 26.6. The molecule has 1 saturated heterocycles. The molecule has 3 heterocycles. The van der Waals surface area contributed by atoms with Crippen molar-refractivity contribution in [3.63, 3.8) is 0 Å². The normalized spacial score (nSPS) is 20.3. The summed E-state index contributed by atoms with van der Waals surface area (Å²) in [7, 11) is -14.0. The van der Waals surface area contributed by atoms with E-state index in [4.69, 9.17) is 24.0 Å². The molecular weight excluding hydrogens is 923 g/mol. The Hall–Kier alpha value is -2.24. The minimum Gasteiger partial charge on any atom is -0.386 e. The number of unbranched alkanes of at least 4 members (excludes halogenated alkanes) is 12. The molecule has 2 unspecified atom stereocenters. The summed E-state index contributed by atoms with van der Waals surface area (Å²) >= 11 is 1.16. The van der Waals surface area contributed by atoms with Gasteiger partial charge in [0.1, 0.15) is 36.3 Å². The number of amides is 2. The molecule has 0 bridgehead atoms. The Morgan fingerprint density at radius 3 is 2.16 bits per heavy atom. The van der Waals surface area contributed by atoms with Gasteiger partial charge < -0.3 is 55.4 Å². The maximum atomic E-state index is 12.7. The lowest BCUT2D eigenvalue weighted by Gasteiger charge is -2.30. The number of ether oxygens (including phenoxy) is 1. The number of phosphoric ester groups is 2. The number of nitrogen functional groups attached to an aromatic ring is 1. The zero-order valence-corrected chi connectivity index (χ0v) is 40.1. The fourth-order valence-electron chi connectivity index (χ4n) is 6.60. The first-order chi connectivity index (χ1) is 30.3. The fourth-order valence-corrected chi connectivity index (χ4v) is 10.1. The van der Waals surface area contributed by atoms with Gasteiger partial charge in [0.05, 0.1) is 19.5 Å². The molecule has 0 spiro atoms. The molecule has 2 amide bonds. The summed E-state index contributed by atoms with van der Waals surface area (Å²) < 4.78 is 51.3. The summed E-state index contributed by atoms with van der Waals surface area (Å²) in [6.45, 7) is 3.07. The summed E-state index contributed by atoms with van der Waals surface area (Å²) in [5.74, 6) is -0.921. The number of aromatic nitrogens is 4. The number of nitrogens with two attached hydrogens (primary N) is 1. The number of rotatable bonds is 33. The Bertz CT molecular complexity index is 1850. The van der Waals surface area contributed by atoms with Gasteiger partial charge in [-0.15, -0.1) is 0 Å². The van der Waals surface area contributed by atoms with Crippen molar-refractivity contribution >= 4 is 69.9 Å². The Morgan fingerprint density at radius 1 is 0.922 bits per heavy atom. The van der Waals surface area contributed by atoms with Crippen LogP contribution < -0.4 is 16.4 Å². The number of aliphatic hydroxyl groups is 2. The van der Waals surface area contributed by atoms with Crippen LogP contribution in [0.2, 0.25) is 0 Å². The lowest BCUT2D eigenvalue weighted by molar-refractivity contribution is -0.137. The van der Waals surface area contributed by atoms with E-state index in [1.165, 1.54) is 89.0 Å². The zero-order valence-electron chi connectivity index (χ0n) is 36.6. The van der Waals surface area contributed by atoms with Gasteiger partial charge in [-0.25, -0.2) is 24.1 Å². The van der Waals surface area contributed by atoms with Gasteiger partial charge in [0.2, 0.25) is 11.8 Å². The van der Waals surface area contributed by atoms with Crippen LogP contribution in [0.3, 0.4) is 0 Å². The van der Waals surface area contributed by atoms with Gasteiger partial charge in [-0.2, -0.15) is 4.31 Å². The number of imidazole rings is 1. The summed E-state index contributed by atoms with van der Waals surface area (Å²) in [5, 5.41) is 26.7. The van der Waals surface area contributed by atoms with Crippen molar-refractivity contribution in [2.45, 2.75) is 148 Å². The molecule has 23 nitrogen and oxygen atoms in total. The largest absolute Gasteiger partial charge is 0.481 e. The molecule has 0 saturated carbocycles. The average molecular weight is 990 g/mol. The minimum atomic E-state index is -5.48. The van der Waals surface area contributed by atoms with Crippen LogP contribution in [0.5, 0.6) is 0 Å². The van der Waals surface area contributed by atoms with E-state index >= 15 is 0 Å². The molecule has 1 fully saturated rings. The van der Waals surface area contributed by atoms with Gasteiger partial charge in [0, 0.05) is 37.1 Å². The highest BCUT2D eigenvalue weighted by Crippen LogP contribution is 2.61.